The monoisotopic (exact) mass is 273 g/mol. The van der Waals surface area contributed by atoms with Crippen molar-refractivity contribution in [3.8, 4) is 11.5 Å². The molecule has 5 nitrogen and oxygen atoms in total. The summed E-state index contributed by atoms with van der Waals surface area (Å²) >= 11 is 0. The molecule has 0 saturated heterocycles. The van der Waals surface area contributed by atoms with Gasteiger partial charge in [-0.15, -0.1) is 0 Å². The van der Waals surface area contributed by atoms with Crippen LogP contribution in [0.4, 0.5) is 4.39 Å². The third-order valence-corrected chi connectivity index (χ3v) is 3.07. The van der Waals surface area contributed by atoms with Crippen LogP contribution in [-0.4, -0.2) is 26.7 Å². The van der Waals surface area contributed by atoms with Crippen molar-refractivity contribution < 1.29 is 4.39 Å². The number of rotatable bonds is 5. The lowest BCUT2D eigenvalue weighted by Gasteiger charge is -1.97. The molecule has 104 valence electrons. The van der Waals surface area contributed by atoms with Gasteiger partial charge in [-0.1, -0.05) is 6.92 Å². The molecule has 3 N–H and O–H groups in total. The van der Waals surface area contributed by atoms with Crippen LogP contribution in [-0.2, 0) is 6.54 Å². The van der Waals surface area contributed by atoms with E-state index in [1.165, 1.54) is 12.1 Å². The highest BCUT2D eigenvalue weighted by atomic mass is 19.1. The first-order valence-electron chi connectivity index (χ1n) is 6.67. The van der Waals surface area contributed by atoms with E-state index in [1.807, 2.05) is 6.07 Å². The number of H-pyrrole nitrogens is 2. The molecule has 0 unspecified atom stereocenters. The Morgan fingerprint density at radius 2 is 2.20 bits per heavy atom. The van der Waals surface area contributed by atoms with Crippen LogP contribution in [0.1, 0.15) is 19.2 Å². The Labute approximate surface area is 115 Å². The second-order valence-corrected chi connectivity index (χ2v) is 4.70. The van der Waals surface area contributed by atoms with Crippen molar-refractivity contribution >= 4 is 10.9 Å². The molecule has 0 radical (unpaired) electrons. The van der Waals surface area contributed by atoms with E-state index < -0.39 is 0 Å². The minimum absolute atomic E-state index is 0.248. The van der Waals surface area contributed by atoms with E-state index in [9.17, 15) is 4.39 Å². The van der Waals surface area contributed by atoms with Gasteiger partial charge in [0.25, 0.3) is 0 Å². The molecule has 1 aromatic carbocycles. The molecule has 0 aliphatic rings. The minimum atomic E-state index is -0.248. The molecule has 0 spiro atoms. The van der Waals surface area contributed by atoms with E-state index in [0.717, 1.165) is 35.4 Å². The van der Waals surface area contributed by atoms with Crippen LogP contribution < -0.4 is 5.32 Å². The van der Waals surface area contributed by atoms with Gasteiger partial charge in [-0.3, -0.25) is 5.10 Å². The van der Waals surface area contributed by atoms with Crippen LogP contribution in [0.15, 0.2) is 24.3 Å². The first-order valence-corrected chi connectivity index (χ1v) is 6.67. The zero-order chi connectivity index (χ0) is 13.9. The van der Waals surface area contributed by atoms with Gasteiger partial charge in [0.2, 0.25) is 0 Å². The Morgan fingerprint density at radius 3 is 3.05 bits per heavy atom. The maximum absolute atomic E-state index is 13.2. The molecular formula is C14H16FN5. The predicted molar refractivity (Wildman–Crippen MR) is 75.6 cm³/mol. The number of nitrogens with one attached hydrogen (secondary N) is 3. The van der Waals surface area contributed by atoms with Crippen molar-refractivity contribution in [3.05, 3.63) is 35.9 Å². The van der Waals surface area contributed by atoms with Crippen molar-refractivity contribution in [2.24, 2.45) is 0 Å². The summed E-state index contributed by atoms with van der Waals surface area (Å²) in [6.07, 6.45) is 1.08. The Balaban J connectivity index is 1.83. The van der Waals surface area contributed by atoms with Crippen LogP contribution in [0.5, 0.6) is 0 Å². The van der Waals surface area contributed by atoms with Gasteiger partial charge in [-0.25, -0.2) is 9.37 Å². The van der Waals surface area contributed by atoms with Crippen LogP contribution in [0, 0.1) is 5.82 Å². The smallest absolute Gasteiger partial charge is 0.197 e. The summed E-state index contributed by atoms with van der Waals surface area (Å²) < 4.78 is 13.2. The summed E-state index contributed by atoms with van der Waals surface area (Å²) in [6, 6.07) is 6.49. The SMILES string of the molecule is CCCNCc1nc(-c2cc3cc(F)ccc3[nH]2)n[nH]1. The molecule has 0 aliphatic carbocycles. The van der Waals surface area contributed by atoms with Crippen LogP contribution in [0.25, 0.3) is 22.4 Å². The average molecular weight is 273 g/mol. The number of hydrogen-bond acceptors (Lipinski definition) is 3. The van der Waals surface area contributed by atoms with Crippen LogP contribution in [0.2, 0.25) is 0 Å². The van der Waals surface area contributed by atoms with Crippen LogP contribution >= 0.6 is 0 Å². The second-order valence-electron chi connectivity index (χ2n) is 4.70. The lowest BCUT2D eigenvalue weighted by atomic mass is 10.2. The zero-order valence-electron chi connectivity index (χ0n) is 11.2. The molecule has 2 aromatic heterocycles. The fourth-order valence-corrected chi connectivity index (χ4v) is 2.10. The van der Waals surface area contributed by atoms with E-state index in [-0.39, 0.29) is 5.82 Å². The molecular weight excluding hydrogens is 257 g/mol. The number of benzene rings is 1. The predicted octanol–water partition coefficient (Wildman–Crippen LogP) is 2.59. The van der Waals surface area contributed by atoms with E-state index in [4.69, 9.17) is 0 Å². The minimum Gasteiger partial charge on any atom is -0.352 e. The molecule has 3 rings (SSSR count). The molecule has 0 saturated carbocycles. The lowest BCUT2D eigenvalue weighted by Crippen LogP contribution is -2.14. The van der Waals surface area contributed by atoms with Gasteiger partial charge < -0.3 is 10.3 Å². The fourth-order valence-electron chi connectivity index (χ4n) is 2.10. The first-order chi connectivity index (χ1) is 9.76. The normalized spacial score (nSPS) is 11.3. The lowest BCUT2D eigenvalue weighted by molar-refractivity contribution is 0.630. The zero-order valence-corrected chi connectivity index (χ0v) is 11.2. The number of halogens is 1. The number of fused-ring (bicyclic) bond motifs is 1. The fraction of sp³-hybridized carbons (Fsp3) is 0.286. The van der Waals surface area contributed by atoms with Gasteiger partial charge in [0.1, 0.15) is 11.6 Å². The van der Waals surface area contributed by atoms with Gasteiger partial charge >= 0.3 is 0 Å². The third kappa shape index (κ3) is 2.55. The summed E-state index contributed by atoms with van der Waals surface area (Å²) in [4.78, 5) is 7.60. The molecule has 0 atom stereocenters. The Morgan fingerprint density at radius 1 is 1.30 bits per heavy atom. The van der Waals surface area contributed by atoms with Crippen molar-refractivity contribution in [1.29, 1.82) is 0 Å². The summed E-state index contributed by atoms with van der Waals surface area (Å²) in [5, 5.41) is 11.2. The topological polar surface area (TPSA) is 69.4 Å². The van der Waals surface area contributed by atoms with E-state index in [0.29, 0.717) is 12.4 Å². The maximum Gasteiger partial charge on any atom is 0.197 e. The van der Waals surface area contributed by atoms with E-state index >= 15 is 0 Å². The Hall–Kier alpha value is -2.21. The van der Waals surface area contributed by atoms with Gasteiger partial charge in [-0.2, -0.15) is 5.10 Å². The van der Waals surface area contributed by atoms with Crippen molar-refractivity contribution in [3.63, 3.8) is 0 Å². The van der Waals surface area contributed by atoms with Gasteiger partial charge in [0.05, 0.1) is 12.2 Å². The molecule has 3 aromatic rings. The number of nitrogens with zero attached hydrogens (tertiary/aromatic N) is 2. The number of aromatic amines is 2. The summed E-state index contributed by atoms with van der Waals surface area (Å²) in [5.74, 6) is 1.13. The summed E-state index contributed by atoms with van der Waals surface area (Å²) in [7, 11) is 0. The Kier molecular flexibility index (Phi) is 3.47. The van der Waals surface area contributed by atoms with E-state index in [1.54, 1.807) is 6.07 Å². The van der Waals surface area contributed by atoms with Gasteiger partial charge in [0, 0.05) is 10.9 Å². The standard InChI is InChI=1S/C14H16FN5/c1-2-5-16-8-13-18-14(20-19-13)12-7-9-6-10(15)3-4-11(9)17-12/h3-4,6-7,16-17H,2,5,8H2,1H3,(H,18,19,20). The first kappa shape index (κ1) is 12.8. The molecule has 0 bridgehead atoms. The second kappa shape index (κ2) is 5.42. The van der Waals surface area contributed by atoms with Crippen LogP contribution in [0.3, 0.4) is 0 Å². The highest BCUT2D eigenvalue weighted by Crippen LogP contribution is 2.22. The third-order valence-electron chi connectivity index (χ3n) is 3.07. The quantitative estimate of drug-likeness (QED) is 0.626. The van der Waals surface area contributed by atoms with Gasteiger partial charge in [0.15, 0.2) is 5.82 Å². The molecule has 6 heteroatoms. The summed E-state index contributed by atoms with van der Waals surface area (Å²) in [6.45, 7) is 3.72. The summed E-state index contributed by atoms with van der Waals surface area (Å²) in [5.41, 5.74) is 1.65. The number of aromatic nitrogens is 4. The van der Waals surface area contributed by atoms with E-state index in [2.05, 4.69) is 32.4 Å². The van der Waals surface area contributed by atoms with Crippen molar-refractivity contribution in [2.75, 3.05) is 6.54 Å². The highest BCUT2D eigenvalue weighted by molar-refractivity contribution is 5.84. The Bertz CT molecular complexity index is 715. The van der Waals surface area contributed by atoms with Crippen molar-refractivity contribution in [1.82, 2.24) is 25.5 Å². The largest absolute Gasteiger partial charge is 0.352 e. The average Bonchev–Trinajstić information content (AvgIpc) is 3.04. The number of hydrogen-bond donors (Lipinski definition) is 3. The molecule has 2 heterocycles. The molecule has 0 fully saturated rings. The van der Waals surface area contributed by atoms with Crippen molar-refractivity contribution in [2.45, 2.75) is 19.9 Å². The molecule has 0 aliphatic heterocycles. The molecule has 20 heavy (non-hydrogen) atoms. The maximum atomic E-state index is 13.2. The molecule has 0 amide bonds. The van der Waals surface area contributed by atoms with Gasteiger partial charge in [-0.05, 0) is 37.2 Å². The highest BCUT2D eigenvalue weighted by Gasteiger charge is 2.09.